The van der Waals surface area contributed by atoms with Gasteiger partial charge in [-0.2, -0.15) is 10.5 Å². The number of benzene rings is 8. The van der Waals surface area contributed by atoms with Crippen LogP contribution in [0.15, 0.2) is 176 Å². The van der Waals surface area contributed by atoms with Crippen LogP contribution in [0.4, 0.5) is 0 Å². The summed E-state index contributed by atoms with van der Waals surface area (Å²) in [5.41, 5.74) is 12.3. The molecule has 0 N–H and O–H groups in total. The molecular formula is C50H29N5. The molecule has 0 saturated heterocycles. The molecule has 254 valence electrons. The van der Waals surface area contributed by atoms with Crippen molar-refractivity contribution >= 4 is 65.4 Å². The summed E-state index contributed by atoms with van der Waals surface area (Å²) in [6, 6.07) is 65.9. The van der Waals surface area contributed by atoms with E-state index >= 15 is 0 Å². The number of nitrogens with zero attached hydrogens (tertiary/aromatic N) is 5. The van der Waals surface area contributed by atoms with E-state index in [4.69, 9.17) is 0 Å². The van der Waals surface area contributed by atoms with Gasteiger partial charge in [-0.05, 0) is 72.3 Å². The van der Waals surface area contributed by atoms with Gasteiger partial charge in [0.15, 0.2) is 0 Å². The number of hydrogen-bond acceptors (Lipinski definition) is 2. The fourth-order valence-corrected chi connectivity index (χ4v) is 8.88. The van der Waals surface area contributed by atoms with Gasteiger partial charge in [0.1, 0.15) is 6.07 Å². The molecule has 0 radical (unpaired) electrons. The molecule has 0 aliphatic carbocycles. The highest BCUT2D eigenvalue weighted by Gasteiger charge is 2.22. The smallest absolute Gasteiger partial charge is 0.101 e. The van der Waals surface area contributed by atoms with Gasteiger partial charge in [0.2, 0.25) is 0 Å². The lowest BCUT2D eigenvalue weighted by Crippen LogP contribution is -2.00. The van der Waals surface area contributed by atoms with Crippen LogP contribution in [0, 0.1) is 22.7 Å². The van der Waals surface area contributed by atoms with Crippen molar-refractivity contribution in [2.75, 3.05) is 0 Å². The molecule has 0 spiro atoms. The Morgan fingerprint density at radius 3 is 1.58 bits per heavy atom. The van der Waals surface area contributed by atoms with Gasteiger partial charge in [0, 0.05) is 43.6 Å². The normalized spacial score (nSPS) is 11.6. The number of nitriles is 2. The first-order valence-electron chi connectivity index (χ1n) is 18.3. The maximum atomic E-state index is 10.4. The second-order valence-electron chi connectivity index (χ2n) is 14.0. The SMILES string of the molecule is N#Cc1cc(-c2ccccc2-n2c3ccccc3c3c(-n4c5ccccc5c5ccccc54)cccc32)cc(-n2c3ccccc3c3cccc(C#N)c32)c1. The van der Waals surface area contributed by atoms with Crippen molar-refractivity contribution in [3.05, 3.63) is 187 Å². The van der Waals surface area contributed by atoms with E-state index < -0.39 is 0 Å². The summed E-state index contributed by atoms with van der Waals surface area (Å²) in [7, 11) is 0. The zero-order valence-corrected chi connectivity index (χ0v) is 29.5. The minimum atomic E-state index is 0.540. The highest BCUT2D eigenvalue weighted by Crippen LogP contribution is 2.42. The molecule has 11 rings (SSSR count). The molecule has 0 unspecified atom stereocenters. The molecular weight excluding hydrogens is 671 g/mol. The van der Waals surface area contributed by atoms with Gasteiger partial charge >= 0.3 is 0 Å². The van der Waals surface area contributed by atoms with Crippen LogP contribution in [0.25, 0.3) is 93.6 Å². The second-order valence-corrected chi connectivity index (χ2v) is 14.0. The summed E-state index contributed by atoms with van der Waals surface area (Å²) < 4.78 is 6.90. The lowest BCUT2D eigenvalue weighted by atomic mass is 10.00. The van der Waals surface area contributed by atoms with E-state index in [1.165, 1.54) is 27.2 Å². The topological polar surface area (TPSA) is 62.4 Å². The van der Waals surface area contributed by atoms with E-state index in [1.807, 2.05) is 36.4 Å². The third-order valence-corrected chi connectivity index (χ3v) is 11.1. The van der Waals surface area contributed by atoms with Crippen LogP contribution in [-0.4, -0.2) is 13.7 Å². The Morgan fingerprint density at radius 2 is 0.891 bits per heavy atom. The Labute approximate surface area is 316 Å². The van der Waals surface area contributed by atoms with Gasteiger partial charge in [-0.3, -0.25) is 0 Å². The van der Waals surface area contributed by atoms with Crippen molar-refractivity contribution in [3.63, 3.8) is 0 Å². The molecule has 5 heteroatoms. The molecule has 3 heterocycles. The largest absolute Gasteiger partial charge is 0.309 e. The van der Waals surface area contributed by atoms with E-state index in [0.29, 0.717) is 11.1 Å². The molecule has 0 bridgehead atoms. The van der Waals surface area contributed by atoms with E-state index in [0.717, 1.165) is 66.4 Å². The maximum absolute atomic E-state index is 10.4. The fraction of sp³-hybridized carbons (Fsp3) is 0. The molecule has 0 aliphatic rings. The predicted octanol–water partition coefficient (Wildman–Crippen LogP) is 12.4. The molecule has 5 nitrogen and oxygen atoms in total. The van der Waals surface area contributed by atoms with E-state index in [2.05, 4.69) is 165 Å². The molecule has 11 aromatic rings. The van der Waals surface area contributed by atoms with Crippen molar-refractivity contribution in [2.45, 2.75) is 0 Å². The zero-order chi connectivity index (χ0) is 36.6. The van der Waals surface area contributed by atoms with Crippen LogP contribution >= 0.6 is 0 Å². The Hall–Kier alpha value is -7.86. The monoisotopic (exact) mass is 699 g/mol. The van der Waals surface area contributed by atoms with Gasteiger partial charge < -0.3 is 13.7 Å². The van der Waals surface area contributed by atoms with E-state index in [1.54, 1.807) is 0 Å². The summed E-state index contributed by atoms with van der Waals surface area (Å²) in [6.07, 6.45) is 0. The van der Waals surface area contributed by atoms with Crippen molar-refractivity contribution < 1.29 is 0 Å². The van der Waals surface area contributed by atoms with Crippen molar-refractivity contribution in [1.29, 1.82) is 10.5 Å². The van der Waals surface area contributed by atoms with Gasteiger partial charge in [-0.1, -0.05) is 109 Å². The zero-order valence-electron chi connectivity index (χ0n) is 29.5. The van der Waals surface area contributed by atoms with E-state index in [-0.39, 0.29) is 0 Å². The standard InChI is InChI=1S/C50H29N5/c51-30-32-27-34(29-35(28-32)53-43-21-7-4-17-39(43)40-19-11-13-33(31-52)50(40)53)36-14-1-6-20-42(36)54-46-24-10-5-18-41(46)49-47(54)25-12-26-48(49)55-44-22-8-2-15-37(44)38-16-3-9-23-45(38)55/h1-29H. The van der Waals surface area contributed by atoms with Crippen LogP contribution in [0.1, 0.15) is 11.1 Å². The summed E-state index contributed by atoms with van der Waals surface area (Å²) in [6.45, 7) is 0. The number of hydrogen-bond donors (Lipinski definition) is 0. The van der Waals surface area contributed by atoms with Crippen molar-refractivity contribution in [3.8, 4) is 40.3 Å². The van der Waals surface area contributed by atoms with Crippen molar-refractivity contribution in [1.82, 2.24) is 13.7 Å². The van der Waals surface area contributed by atoms with E-state index in [9.17, 15) is 10.5 Å². The Kier molecular flexibility index (Phi) is 6.61. The lowest BCUT2D eigenvalue weighted by molar-refractivity contribution is 1.16. The molecule has 0 aliphatic heterocycles. The highest BCUT2D eigenvalue weighted by atomic mass is 15.0. The van der Waals surface area contributed by atoms with Gasteiger partial charge in [-0.25, -0.2) is 0 Å². The summed E-state index contributed by atoms with van der Waals surface area (Å²) in [5, 5.41) is 27.5. The summed E-state index contributed by atoms with van der Waals surface area (Å²) in [5.74, 6) is 0. The average Bonchev–Trinajstić information content (AvgIpc) is 3.89. The lowest BCUT2D eigenvalue weighted by Gasteiger charge is -2.16. The maximum Gasteiger partial charge on any atom is 0.101 e. The first kappa shape index (κ1) is 30.7. The molecule has 0 fully saturated rings. The highest BCUT2D eigenvalue weighted by molar-refractivity contribution is 6.17. The Morgan fingerprint density at radius 1 is 0.382 bits per heavy atom. The van der Waals surface area contributed by atoms with Crippen LogP contribution in [0.5, 0.6) is 0 Å². The molecule has 0 saturated carbocycles. The first-order chi connectivity index (χ1) is 27.2. The van der Waals surface area contributed by atoms with Crippen LogP contribution in [0.2, 0.25) is 0 Å². The molecule has 55 heavy (non-hydrogen) atoms. The van der Waals surface area contributed by atoms with Crippen LogP contribution in [0.3, 0.4) is 0 Å². The number of rotatable bonds is 4. The Balaban J connectivity index is 1.19. The summed E-state index contributed by atoms with van der Waals surface area (Å²) in [4.78, 5) is 0. The molecule has 8 aromatic carbocycles. The molecule has 3 aromatic heterocycles. The van der Waals surface area contributed by atoms with Crippen LogP contribution in [-0.2, 0) is 0 Å². The van der Waals surface area contributed by atoms with Crippen LogP contribution < -0.4 is 0 Å². The van der Waals surface area contributed by atoms with Gasteiger partial charge in [-0.15, -0.1) is 0 Å². The van der Waals surface area contributed by atoms with Gasteiger partial charge in [0.25, 0.3) is 0 Å². The summed E-state index contributed by atoms with van der Waals surface area (Å²) >= 11 is 0. The number of aromatic nitrogens is 3. The van der Waals surface area contributed by atoms with Gasteiger partial charge in [0.05, 0.1) is 61.7 Å². The second kappa shape index (κ2) is 11.8. The average molecular weight is 700 g/mol. The number of fused-ring (bicyclic) bond motifs is 9. The first-order valence-corrected chi connectivity index (χ1v) is 18.3. The third-order valence-electron chi connectivity index (χ3n) is 11.1. The number of para-hydroxylation sites is 6. The fourth-order valence-electron chi connectivity index (χ4n) is 8.88. The molecule has 0 atom stereocenters. The van der Waals surface area contributed by atoms with Crippen molar-refractivity contribution in [2.24, 2.45) is 0 Å². The minimum absolute atomic E-state index is 0.540. The Bertz CT molecular complexity index is 3420. The minimum Gasteiger partial charge on any atom is -0.309 e. The quantitative estimate of drug-likeness (QED) is 0.184. The molecule has 0 amide bonds. The third kappa shape index (κ3) is 4.39. The predicted molar refractivity (Wildman–Crippen MR) is 224 cm³/mol.